The van der Waals surface area contributed by atoms with Gasteiger partial charge < -0.3 is 10.1 Å². The third-order valence-corrected chi connectivity index (χ3v) is 3.13. The average Bonchev–Trinajstić information content (AvgIpc) is 2.29. The van der Waals surface area contributed by atoms with Crippen LogP contribution >= 0.6 is 11.8 Å². The summed E-state index contributed by atoms with van der Waals surface area (Å²) in [6.07, 6.45) is 0. The van der Waals surface area contributed by atoms with Gasteiger partial charge in [-0.15, -0.1) is 0 Å². The minimum Gasteiger partial charge on any atom is -0.462 e. The lowest BCUT2D eigenvalue weighted by Crippen LogP contribution is -2.41. The maximum atomic E-state index is 11.0. The van der Waals surface area contributed by atoms with Crippen molar-refractivity contribution in [1.29, 1.82) is 0 Å². The van der Waals surface area contributed by atoms with E-state index in [1.807, 2.05) is 11.8 Å². The molecule has 0 saturated carbocycles. The third-order valence-electron chi connectivity index (χ3n) is 2.19. The Morgan fingerprint density at radius 1 is 1.40 bits per heavy atom. The van der Waals surface area contributed by atoms with Gasteiger partial charge in [0.15, 0.2) is 0 Å². The molecule has 86 valence electrons. The number of hydrogen-bond acceptors (Lipinski definition) is 5. The van der Waals surface area contributed by atoms with E-state index in [0.29, 0.717) is 6.54 Å². The molecule has 1 N–H and O–H groups in total. The Hall–Kier alpha value is -0.750. The van der Waals surface area contributed by atoms with Crippen LogP contribution in [-0.4, -0.2) is 61.6 Å². The molecule has 1 rings (SSSR count). The highest BCUT2D eigenvalue weighted by Crippen LogP contribution is 2.07. The van der Waals surface area contributed by atoms with Crippen LogP contribution in [0.2, 0.25) is 0 Å². The number of nitrogens with zero attached hydrogens (tertiary/aromatic N) is 1. The summed E-state index contributed by atoms with van der Waals surface area (Å²) >= 11 is 1.94. The average molecular weight is 232 g/mol. The molecule has 15 heavy (non-hydrogen) atoms. The maximum Gasteiger partial charge on any atom is 0.396 e. The van der Waals surface area contributed by atoms with Crippen LogP contribution in [0.5, 0.6) is 0 Å². The van der Waals surface area contributed by atoms with Gasteiger partial charge in [-0.1, -0.05) is 0 Å². The molecule has 1 aliphatic heterocycles. The number of esters is 1. The molecule has 1 heterocycles. The molecule has 0 unspecified atom stereocenters. The summed E-state index contributed by atoms with van der Waals surface area (Å²) in [6, 6.07) is 0. The normalized spacial score (nSPS) is 17.1. The second-order valence-corrected chi connectivity index (χ2v) is 4.43. The molecule has 1 fully saturated rings. The zero-order valence-electron chi connectivity index (χ0n) is 8.82. The molecule has 1 amide bonds. The lowest BCUT2D eigenvalue weighted by Gasteiger charge is -2.25. The van der Waals surface area contributed by atoms with E-state index in [-0.39, 0.29) is 0 Å². The van der Waals surface area contributed by atoms with Gasteiger partial charge in [0.05, 0.1) is 7.11 Å². The van der Waals surface area contributed by atoms with Crippen molar-refractivity contribution in [2.45, 2.75) is 0 Å². The number of carbonyl (C=O) groups is 2. The van der Waals surface area contributed by atoms with Crippen LogP contribution in [0.25, 0.3) is 0 Å². The van der Waals surface area contributed by atoms with E-state index in [4.69, 9.17) is 0 Å². The van der Waals surface area contributed by atoms with Crippen molar-refractivity contribution in [3.63, 3.8) is 0 Å². The van der Waals surface area contributed by atoms with E-state index in [1.165, 1.54) is 7.11 Å². The minimum absolute atomic E-state index is 0.499. The van der Waals surface area contributed by atoms with Crippen LogP contribution < -0.4 is 5.32 Å². The van der Waals surface area contributed by atoms with E-state index in [2.05, 4.69) is 15.0 Å². The predicted octanol–water partition coefficient (Wildman–Crippen LogP) is -0.676. The van der Waals surface area contributed by atoms with Gasteiger partial charge in [-0.05, 0) is 0 Å². The molecular formula is C9H16N2O3S. The van der Waals surface area contributed by atoms with Crippen LogP contribution in [0.15, 0.2) is 0 Å². The number of ether oxygens (including phenoxy) is 1. The fourth-order valence-corrected chi connectivity index (χ4v) is 2.30. The van der Waals surface area contributed by atoms with E-state index in [1.54, 1.807) is 0 Å². The maximum absolute atomic E-state index is 11.0. The van der Waals surface area contributed by atoms with Gasteiger partial charge in [-0.2, -0.15) is 11.8 Å². The first-order valence-corrected chi connectivity index (χ1v) is 6.05. The van der Waals surface area contributed by atoms with Gasteiger partial charge in [0.25, 0.3) is 0 Å². The Morgan fingerprint density at radius 3 is 2.67 bits per heavy atom. The summed E-state index contributed by atoms with van der Waals surface area (Å²) in [4.78, 5) is 24.0. The smallest absolute Gasteiger partial charge is 0.396 e. The number of thioether (sulfide) groups is 1. The van der Waals surface area contributed by atoms with Crippen LogP contribution in [0.4, 0.5) is 0 Å². The van der Waals surface area contributed by atoms with E-state index < -0.39 is 11.9 Å². The number of carbonyl (C=O) groups excluding carboxylic acids is 2. The quantitative estimate of drug-likeness (QED) is 0.516. The molecule has 0 bridgehead atoms. The highest BCUT2D eigenvalue weighted by molar-refractivity contribution is 7.99. The van der Waals surface area contributed by atoms with Crippen LogP contribution in [-0.2, 0) is 14.3 Å². The number of hydrogen-bond donors (Lipinski definition) is 1. The molecule has 0 atom stereocenters. The standard InChI is InChI=1S/C9H16N2O3S/c1-14-9(13)8(12)10-2-3-11-4-6-15-7-5-11/h2-7H2,1H3,(H,10,12). The Balaban J connectivity index is 2.09. The van der Waals surface area contributed by atoms with Gasteiger partial charge in [-0.3, -0.25) is 9.69 Å². The van der Waals surface area contributed by atoms with Crippen molar-refractivity contribution in [3.05, 3.63) is 0 Å². The second-order valence-electron chi connectivity index (χ2n) is 3.20. The third kappa shape index (κ3) is 4.53. The highest BCUT2D eigenvalue weighted by Gasteiger charge is 2.14. The van der Waals surface area contributed by atoms with Crippen molar-refractivity contribution in [3.8, 4) is 0 Å². The summed E-state index contributed by atoms with van der Waals surface area (Å²) in [7, 11) is 1.20. The summed E-state index contributed by atoms with van der Waals surface area (Å²) < 4.78 is 4.29. The molecule has 6 heteroatoms. The second kappa shape index (κ2) is 6.68. The Bertz CT molecular complexity index is 229. The molecule has 0 aromatic rings. The Morgan fingerprint density at radius 2 is 2.07 bits per heavy atom. The van der Waals surface area contributed by atoms with Crippen molar-refractivity contribution in [2.24, 2.45) is 0 Å². The van der Waals surface area contributed by atoms with Gasteiger partial charge in [-0.25, -0.2) is 4.79 Å². The minimum atomic E-state index is -0.829. The van der Waals surface area contributed by atoms with Gasteiger partial charge >= 0.3 is 11.9 Å². The fraction of sp³-hybridized carbons (Fsp3) is 0.778. The van der Waals surface area contributed by atoms with Gasteiger partial charge in [0.2, 0.25) is 0 Å². The lowest BCUT2D eigenvalue weighted by molar-refractivity contribution is -0.152. The van der Waals surface area contributed by atoms with Crippen LogP contribution in [0.1, 0.15) is 0 Å². The molecule has 5 nitrogen and oxygen atoms in total. The number of amides is 1. The number of nitrogens with one attached hydrogen (secondary N) is 1. The van der Waals surface area contributed by atoms with Crippen LogP contribution in [0, 0.1) is 0 Å². The van der Waals surface area contributed by atoms with E-state index >= 15 is 0 Å². The van der Waals surface area contributed by atoms with Crippen LogP contribution in [0.3, 0.4) is 0 Å². The Kier molecular flexibility index (Phi) is 5.49. The van der Waals surface area contributed by atoms with Gasteiger partial charge in [0.1, 0.15) is 0 Å². The largest absolute Gasteiger partial charge is 0.462 e. The molecule has 0 aliphatic carbocycles. The van der Waals surface area contributed by atoms with E-state index in [0.717, 1.165) is 31.1 Å². The summed E-state index contributed by atoms with van der Waals surface area (Å²) in [5.74, 6) is 0.795. The van der Waals surface area contributed by atoms with Crippen molar-refractivity contribution in [2.75, 3.05) is 44.8 Å². The van der Waals surface area contributed by atoms with Crippen molar-refractivity contribution in [1.82, 2.24) is 10.2 Å². The van der Waals surface area contributed by atoms with Crippen molar-refractivity contribution < 1.29 is 14.3 Å². The zero-order valence-corrected chi connectivity index (χ0v) is 9.64. The van der Waals surface area contributed by atoms with Crippen molar-refractivity contribution >= 4 is 23.6 Å². The number of methoxy groups -OCH3 is 1. The summed E-state index contributed by atoms with van der Waals surface area (Å²) in [5, 5.41) is 2.52. The fourth-order valence-electron chi connectivity index (χ4n) is 1.32. The monoisotopic (exact) mass is 232 g/mol. The Labute approximate surface area is 93.5 Å². The first kappa shape index (κ1) is 12.3. The topological polar surface area (TPSA) is 58.6 Å². The predicted molar refractivity (Wildman–Crippen MR) is 58.8 cm³/mol. The summed E-state index contributed by atoms with van der Waals surface area (Å²) in [6.45, 7) is 3.40. The van der Waals surface area contributed by atoms with Gasteiger partial charge in [0, 0.05) is 37.7 Å². The molecule has 0 spiro atoms. The highest BCUT2D eigenvalue weighted by atomic mass is 32.2. The first-order chi connectivity index (χ1) is 7.24. The molecule has 0 aromatic carbocycles. The summed E-state index contributed by atoms with van der Waals surface area (Å²) in [5.41, 5.74) is 0. The van der Waals surface area contributed by atoms with E-state index in [9.17, 15) is 9.59 Å². The molecule has 0 radical (unpaired) electrons. The molecular weight excluding hydrogens is 216 g/mol. The SMILES string of the molecule is COC(=O)C(=O)NCCN1CCSCC1. The number of rotatable bonds is 3. The lowest BCUT2D eigenvalue weighted by atomic mass is 10.4. The first-order valence-electron chi connectivity index (χ1n) is 4.90. The molecule has 1 saturated heterocycles. The molecule has 0 aromatic heterocycles. The zero-order chi connectivity index (χ0) is 11.1. The molecule has 1 aliphatic rings.